The van der Waals surface area contributed by atoms with E-state index in [0.717, 1.165) is 28.1 Å². The van der Waals surface area contributed by atoms with E-state index in [9.17, 15) is 13.2 Å². The van der Waals surface area contributed by atoms with Gasteiger partial charge in [0.1, 0.15) is 0 Å². The maximum Gasteiger partial charge on any atom is 0.241 e. The number of hydrogen-bond donors (Lipinski definition) is 1. The monoisotopic (exact) mass is 343 g/mol. The first-order valence-electron chi connectivity index (χ1n) is 7.49. The predicted octanol–water partition coefficient (Wildman–Crippen LogP) is 1.88. The fourth-order valence-electron chi connectivity index (χ4n) is 3.60. The Morgan fingerprint density at radius 2 is 2.23 bits per heavy atom. The van der Waals surface area contributed by atoms with Crippen molar-refractivity contribution in [1.82, 2.24) is 9.29 Å². The Bertz CT molecular complexity index is 671. The van der Waals surface area contributed by atoms with E-state index < -0.39 is 10.0 Å². The zero-order valence-corrected chi connectivity index (χ0v) is 14.4. The lowest BCUT2D eigenvalue weighted by Crippen LogP contribution is -2.34. The van der Waals surface area contributed by atoms with Gasteiger partial charge >= 0.3 is 0 Å². The molecule has 1 heterocycles. The van der Waals surface area contributed by atoms with Crippen molar-refractivity contribution >= 4 is 32.4 Å². The fraction of sp³-hybridized carbons (Fsp3) is 0.714. The number of sulfonamides is 1. The van der Waals surface area contributed by atoms with E-state index in [1.165, 1.54) is 44.1 Å². The zero-order valence-electron chi connectivity index (χ0n) is 12.8. The van der Waals surface area contributed by atoms with E-state index in [-0.39, 0.29) is 12.5 Å². The second kappa shape index (κ2) is 5.90. The molecular formula is C14H21N3O3S2. The Balaban J connectivity index is 1.59. The Hall–Kier alpha value is -0.990. The average Bonchev–Trinajstić information content (AvgIpc) is 3.12. The lowest BCUT2D eigenvalue weighted by molar-refractivity contribution is -0.116. The molecule has 1 aromatic heterocycles. The molecule has 122 valence electrons. The van der Waals surface area contributed by atoms with Gasteiger partial charge in [0.05, 0.1) is 18.5 Å². The number of anilines is 1. The highest BCUT2D eigenvalue weighted by molar-refractivity contribution is 7.88. The number of aromatic nitrogens is 1. The normalized spacial score (nSPS) is 27.5. The number of carbonyl (C=O) groups is 1. The molecule has 2 aliphatic carbocycles. The third kappa shape index (κ3) is 3.33. The van der Waals surface area contributed by atoms with Crippen LogP contribution in [0.15, 0.2) is 5.38 Å². The van der Waals surface area contributed by atoms with Crippen molar-refractivity contribution in [2.45, 2.75) is 31.6 Å². The molecule has 0 aliphatic heterocycles. The number of likely N-dealkylation sites (N-methyl/N-ethyl adjacent to an activating group) is 1. The number of nitrogens with one attached hydrogen (secondary N) is 1. The number of amides is 1. The summed E-state index contributed by atoms with van der Waals surface area (Å²) < 4.78 is 23.6. The highest BCUT2D eigenvalue weighted by Crippen LogP contribution is 2.52. The highest BCUT2D eigenvalue weighted by atomic mass is 32.2. The van der Waals surface area contributed by atoms with E-state index in [0.29, 0.717) is 11.0 Å². The van der Waals surface area contributed by atoms with Gasteiger partial charge in [-0.15, -0.1) is 11.3 Å². The van der Waals surface area contributed by atoms with Crippen LogP contribution in [-0.2, 0) is 14.8 Å². The molecule has 0 spiro atoms. The molecule has 2 fully saturated rings. The van der Waals surface area contributed by atoms with Crippen molar-refractivity contribution in [2.75, 3.05) is 25.2 Å². The summed E-state index contributed by atoms with van der Waals surface area (Å²) in [6.45, 7) is -0.193. The van der Waals surface area contributed by atoms with Crippen LogP contribution >= 0.6 is 11.3 Å². The van der Waals surface area contributed by atoms with Crippen molar-refractivity contribution in [3.63, 3.8) is 0 Å². The average molecular weight is 343 g/mol. The number of nitrogens with zero attached hydrogens (tertiary/aromatic N) is 2. The van der Waals surface area contributed by atoms with E-state index >= 15 is 0 Å². The molecule has 1 aromatic rings. The van der Waals surface area contributed by atoms with Gasteiger partial charge in [0.15, 0.2) is 5.13 Å². The molecule has 2 saturated carbocycles. The summed E-state index contributed by atoms with van der Waals surface area (Å²) in [5, 5.41) is 5.28. The molecule has 0 radical (unpaired) electrons. The number of thiazole rings is 1. The highest BCUT2D eigenvalue weighted by Gasteiger charge is 2.41. The second-order valence-electron chi connectivity index (χ2n) is 6.43. The largest absolute Gasteiger partial charge is 0.301 e. The molecule has 0 saturated heterocycles. The molecule has 3 rings (SSSR count). The Kier molecular flexibility index (Phi) is 4.26. The summed E-state index contributed by atoms with van der Waals surface area (Å²) in [7, 11) is -1.96. The number of rotatable bonds is 5. The van der Waals surface area contributed by atoms with Crippen molar-refractivity contribution in [3.8, 4) is 0 Å². The third-order valence-corrected chi connectivity index (χ3v) is 6.86. The molecule has 6 nitrogen and oxygen atoms in total. The Labute approximate surface area is 135 Å². The van der Waals surface area contributed by atoms with Gasteiger partial charge in [-0.25, -0.2) is 13.4 Å². The second-order valence-corrected chi connectivity index (χ2v) is 9.37. The van der Waals surface area contributed by atoms with Gasteiger partial charge in [-0.2, -0.15) is 4.31 Å². The number of hydrogen-bond acceptors (Lipinski definition) is 5. The first-order chi connectivity index (χ1) is 10.3. The quantitative estimate of drug-likeness (QED) is 0.885. The maximum atomic E-state index is 11.9. The molecule has 3 unspecified atom stereocenters. The predicted molar refractivity (Wildman–Crippen MR) is 86.4 cm³/mol. The van der Waals surface area contributed by atoms with Crippen molar-refractivity contribution in [3.05, 3.63) is 11.1 Å². The van der Waals surface area contributed by atoms with Gasteiger partial charge in [-0.3, -0.25) is 4.79 Å². The molecule has 2 bridgehead atoms. The minimum Gasteiger partial charge on any atom is -0.301 e. The Morgan fingerprint density at radius 3 is 2.82 bits per heavy atom. The summed E-state index contributed by atoms with van der Waals surface area (Å²) in [5.74, 6) is 1.80. The van der Waals surface area contributed by atoms with E-state index in [2.05, 4.69) is 10.3 Å². The smallest absolute Gasteiger partial charge is 0.241 e. The molecule has 1 amide bonds. The minimum absolute atomic E-state index is 0.193. The molecule has 22 heavy (non-hydrogen) atoms. The molecule has 1 N–H and O–H groups in total. The Morgan fingerprint density at radius 1 is 1.45 bits per heavy atom. The molecular weight excluding hydrogens is 322 g/mol. The lowest BCUT2D eigenvalue weighted by Gasteiger charge is -2.19. The van der Waals surface area contributed by atoms with Gasteiger partial charge in [0.2, 0.25) is 15.9 Å². The minimum atomic E-state index is -3.35. The first-order valence-corrected chi connectivity index (χ1v) is 10.2. The lowest BCUT2D eigenvalue weighted by atomic mass is 9.87. The van der Waals surface area contributed by atoms with Crippen LogP contribution in [0.2, 0.25) is 0 Å². The van der Waals surface area contributed by atoms with Gasteiger partial charge in [0.25, 0.3) is 0 Å². The third-order valence-electron chi connectivity index (χ3n) is 4.82. The standard InChI is InChI=1S/C14H21N3O3S2/c1-17(22(2,19)20)7-13(18)16-14-15-12(8-21-14)11-6-9-3-4-10(11)5-9/h8-11H,3-7H2,1-2H3,(H,15,16,18). The van der Waals surface area contributed by atoms with Crippen LogP contribution < -0.4 is 5.32 Å². The maximum absolute atomic E-state index is 11.9. The van der Waals surface area contributed by atoms with Crippen molar-refractivity contribution < 1.29 is 13.2 Å². The molecule has 0 aromatic carbocycles. The van der Waals surface area contributed by atoms with Crippen LogP contribution in [0.25, 0.3) is 0 Å². The van der Waals surface area contributed by atoms with Crippen LogP contribution in [-0.4, -0.2) is 43.5 Å². The number of carbonyl (C=O) groups excluding carboxylic acids is 1. The molecule has 8 heteroatoms. The van der Waals surface area contributed by atoms with Crippen molar-refractivity contribution in [1.29, 1.82) is 0 Å². The molecule has 2 aliphatic rings. The number of fused-ring (bicyclic) bond motifs is 2. The summed E-state index contributed by atoms with van der Waals surface area (Å²) in [6.07, 6.45) is 6.28. The van der Waals surface area contributed by atoms with Crippen LogP contribution in [0, 0.1) is 11.8 Å². The van der Waals surface area contributed by atoms with Gasteiger partial charge in [-0.05, 0) is 31.1 Å². The van der Waals surface area contributed by atoms with Gasteiger partial charge < -0.3 is 5.32 Å². The summed E-state index contributed by atoms with van der Waals surface area (Å²) in [6, 6.07) is 0. The first kappa shape index (κ1) is 15.9. The topological polar surface area (TPSA) is 79.4 Å². The van der Waals surface area contributed by atoms with Crippen LogP contribution in [0.4, 0.5) is 5.13 Å². The summed E-state index contributed by atoms with van der Waals surface area (Å²) in [5.41, 5.74) is 1.09. The summed E-state index contributed by atoms with van der Waals surface area (Å²) >= 11 is 1.42. The zero-order chi connectivity index (χ0) is 15.9. The van der Waals surface area contributed by atoms with Gasteiger partial charge in [-0.1, -0.05) is 6.42 Å². The van der Waals surface area contributed by atoms with E-state index in [4.69, 9.17) is 0 Å². The van der Waals surface area contributed by atoms with Crippen LogP contribution in [0.5, 0.6) is 0 Å². The fourth-order valence-corrected chi connectivity index (χ4v) is 4.74. The van der Waals surface area contributed by atoms with Crippen LogP contribution in [0.3, 0.4) is 0 Å². The van der Waals surface area contributed by atoms with Crippen molar-refractivity contribution in [2.24, 2.45) is 11.8 Å². The van der Waals surface area contributed by atoms with Crippen LogP contribution in [0.1, 0.15) is 37.3 Å². The van der Waals surface area contributed by atoms with E-state index in [1.54, 1.807) is 0 Å². The SMILES string of the molecule is CN(CC(=O)Nc1nc(C2CC3CCC2C3)cs1)S(C)(=O)=O. The summed E-state index contributed by atoms with van der Waals surface area (Å²) in [4.78, 5) is 16.4. The van der Waals surface area contributed by atoms with Gasteiger partial charge in [0, 0.05) is 18.3 Å². The molecule has 3 atom stereocenters. The van der Waals surface area contributed by atoms with E-state index in [1.807, 2.05) is 5.38 Å².